The number of likely N-dealkylation sites (N-methyl/N-ethyl adjacent to an activating group) is 2. The highest BCUT2D eigenvalue weighted by molar-refractivity contribution is 5.75. The molecule has 26 heavy (non-hydrogen) atoms. The van der Waals surface area contributed by atoms with Crippen molar-refractivity contribution in [2.75, 3.05) is 32.1 Å². The van der Waals surface area contributed by atoms with E-state index in [1.165, 1.54) is 30.5 Å². The van der Waals surface area contributed by atoms with E-state index in [-0.39, 0.29) is 11.5 Å². The third kappa shape index (κ3) is 3.41. The molecule has 1 saturated heterocycles. The number of anilines is 1. The Morgan fingerprint density at radius 2 is 2.04 bits per heavy atom. The van der Waals surface area contributed by atoms with E-state index >= 15 is 0 Å². The van der Waals surface area contributed by atoms with Crippen molar-refractivity contribution in [2.24, 2.45) is 0 Å². The number of nitrogens with one attached hydrogen (secondary N) is 1. The average Bonchev–Trinajstić information content (AvgIpc) is 3.04. The van der Waals surface area contributed by atoms with Crippen LogP contribution in [0, 0.1) is 0 Å². The van der Waals surface area contributed by atoms with Crippen LogP contribution in [-0.2, 0) is 5.41 Å². The van der Waals surface area contributed by atoms with Gasteiger partial charge < -0.3 is 15.0 Å². The van der Waals surface area contributed by atoms with Gasteiger partial charge in [0.1, 0.15) is 5.75 Å². The van der Waals surface area contributed by atoms with Gasteiger partial charge in [-0.3, -0.25) is 4.90 Å². The number of likely N-dealkylation sites (tertiary alicyclic amines) is 1. The molecule has 0 unspecified atom stereocenters. The summed E-state index contributed by atoms with van der Waals surface area (Å²) in [4.78, 5) is 17.0. The smallest absolute Gasteiger partial charge is 0.410 e. The van der Waals surface area contributed by atoms with Crippen LogP contribution in [0.3, 0.4) is 0 Å². The van der Waals surface area contributed by atoms with E-state index in [1.807, 2.05) is 12.1 Å². The minimum atomic E-state index is -0.338. The van der Waals surface area contributed by atoms with E-state index in [4.69, 9.17) is 4.74 Å². The first-order valence-corrected chi connectivity index (χ1v) is 10.0. The largest absolute Gasteiger partial charge is 0.412 e. The summed E-state index contributed by atoms with van der Waals surface area (Å²) >= 11 is 0. The van der Waals surface area contributed by atoms with Crippen LogP contribution in [0.2, 0.25) is 0 Å². The molecule has 0 aromatic heterocycles. The van der Waals surface area contributed by atoms with Crippen LogP contribution in [0.5, 0.6) is 5.75 Å². The molecule has 1 amide bonds. The summed E-state index contributed by atoms with van der Waals surface area (Å²) in [6.45, 7) is 6.24. The summed E-state index contributed by atoms with van der Waals surface area (Å²) < 4.78 is 5.75. The van der Waals surface area contributed by atoms with Gasteiger partial charge in [-0.15, -0.1) is 0 Å². The maximum atomic E-state index is 12.3. The first-order chi connectivity index (χ1) is 12.5. The molecule has 3 rings (SSSR count). The normalized spacial score (nSPS) is 24.5. The van der Waals surface area contributed by atoms with Gasteiger partial charge in [-0.2, -0.15) is 0 Å². The quantitative estimate of drug-likeness (QED) is 0.744. The first kappa shape index (κ1) is 19.0. The van der Waals surface area contributed by atoms with Crippen LogP contribution in [0.4, 0.5) is 10.5 Å². The predicted molar refractivity (Wildman–Crippen MR) is 106 cm³/mol. The third-order valence-electron chi connectivity index (χ3n) is 6.05. The van der Waals surface area contributed by atoms with Gasteiger partial charge in [0.05, 0.1) is 6.17 Å². The molecule has 1 aromatic carbocycles. The maximum absolute atomic E-state index is 12.3. The van der Waals surface area contributed by atoms with Crippen LogP contribution in [0.15, 0.2) is 18.2 Å². The minimum Gasteiger partial charge on any atom is -0.410 e. The van der Waals surface area contributed by atoms with Crippen molar-refractivity contribution in [3.8, 4) is 5.75 Å². The Hall–Kier alpha value is -1.75. The van der Waals surface area contributed by atoms with Crippen molar-refractivity contribution < 1.29 is 9.53 Å². The Balaban J connectivity index is 1.65. The molecule has 0 aliphatic carbocycles. The van der Waals surface area contributed by atoms with E-state index in [2.05, 4.69) is 49.1 Å². The number of benzene rings is 1. The van der Waals surface area contributed by atoms with Gasteiger partial charge in [0.15, 0.2) is 0 Å². The van der Waals surface area contributed by atoms with Gasteiger partial charge in [-0.05, 0) is 32.0 Å². The molecule has 5 nitrogen and oxygen atoms in total. The Kier molecular flexibility index (Phi) is 5.76. The molecular formula is C21H33N3O2. The van der Waals surface area contributed by atoms with Gasteiger partial charge in [0.2, 0.25) is 0 Å². The van der Waals surface area contributed by atoms with E-state index in [9.17, 15) is 4.79 Å². The second-order valence-electron chi connectivity index (χ2n) is 8.01. The topological polar surface area (TPSA) is 44.8 Å². The molecule has 5 heteroatoms. The minimum absolute atomic E-state index is 0.00411. The van der Waals surface area contributed by atoms with Gasteiger partial charge in [-0.25, -0.2) is 4.79 Å². The zero-order valence-corrected chi connectivity index (χ0v) is 16.7. The van der Waals surface area contributed by atoms with Crippen molar-refractivity contribution in [1.29, 1.82) is 0 Å². The molecule has 0 bridgehead atoms. The number of hydrogen-bond donors (Lipinski definition) is 1. The number of rotatable bonds is 7. The fourth-order valence-corrected chi connectivity index (χ4v) is 4.78. The number of amides is 1. The predicted octanol–water partition coefficient (Wildman–Crippen LogP) is 4.11. The molecule has 2 heterocycles. The Labute approximate surface area is 157 Å². The van der Waals surface area contributed by atoms with Crippen molar-refractivity contribution >= 4 is 11.8 Å². The second-order valence-corrected chi connectivity index (χ2v) is 8.01. The zero-order chi connectivity index (χ0) is 18.7. The lowest BCUT2D eigenvalue weighted by atomic mass is 9.81. The zero-order valence-electron chi connectivity index (χ0n) is 16.7. The highest BCUT2D eigenvalue weighted by Gasteiger charge is 2.53. The fraction of sp³-hybridized carbons (Fsp3) is 0.667. The molecule has 0 radical (unpaired) electrons. The molecule has 1 fully saturated rings. The lowest BCUT2D eigenvalue weighted by molar-refractivity contribution is 0.198. The fourth-order valence-electron chi connectivity index (χ4n) is 4.78. The van der Waals surface area contributed by atoms with Crippen LogP contribution in [0.25, 0.3) is 0 Å². The van der Waals surface area contributed by atoms with Gasteiger partial charge in [0, 0.05) is 36.8 Å². The summed E-state index contributed by atoms with van der Waals surface area (Å²) in [5.74, 6) is 0.707. The summed E-state index contributed by atoms with van der Waals surface area (Å²) in [6, 6.07) is 6.04. The number of nitrogens with zero attached hydrogens (tertiary/aromatic N) is 2. The molecule has 0 spiro atoms. The molecule has 144 valence electrons. The Morgan fingerprint density at radius 1 is 1.27 bits per heavy atom. The monoisotopic (exact) mass is 359 g/mol. The van der Waals surface area contributed by atoms with Crippen LogP contribution in [-0.4, -0.2) is 44.3 Å². The van der Waals surface area contributed by atoms with Gasteiger partial charge in [-0.1, -0.05) is 45.6 Å². The number of hydrogen-bond acceptors (Lipinski definition) is 4. The first-order valence-electron chi connectivity index (χ1n) is 10.0. The molecular weight excluding hydrogens is 326 g/mol. The van der Waals surface area contributed by atoms with Crippen molar-refractivity contribution in [3.05, 3.63) is 23.8 Å². The van der Waals surface area contributed by atoms with E-state index in [0.717, 1.165) is 25.8 Å². The molecule has 2 atom stereocenters. The van der Waals surface area contributed by atoms with E-state index in [1.54, 1.807) is 0 Å². The van der Waals surface area contributed by atoms with Crippen molar-refractivity contribution in [1.82, 2.24) is 10.2 Å². The van der Waals surface area contributed by atoms with Gasteiger partial charge in [0.25, 0.3) is 0 Å². The highest BCUT2D eigenvalue weighted by atomic mass is 16.6. The Morgan fingerprint density at radius 3 is 2.81 bits per heavy atom. The SMILES string of the molecule is CCCCCCCNC(=O)Oc1cccc2c1[C@@]1(C)CCN(C)[C@H]1N2C. The Bertz CT molecular complexity index is 648. The lowest BCUT2D eigenvalue weighted by Crippen LogP contribution is -2.45. The lowest BCUT2D eigenvalue weighted by Gasteiger charge is -2.32. The summed E-state index contributed by atoms with van der Waals surface area (Å²) in [5.41, 5.74) is 2.35. The molecule has 1 N–H and O–H groups in total. The highest BCUT2D eigenvalue weighted by Crippen LogP contribution is 2.54. The average molecular weight is 360 g/mol. The summed E-state index contributed by atoms with van der Waals surface area (Å²) in [7, 11) is 4.31. The molecule has 0 saturated carbocycles. The van der Waals surface area contributed by atoms with Crippen LogP contribution in [0.1, 0.15) is 57.9 Å². The number of ether oxygens (including phenoxy) is 1. The maximum Gasteiger partial charge on any atom is 0.412 e. The number of carbonyl (C=O) groups is 1. The van der Waals surface area contributed by atoms with Crippen LogP contribution < -0.4 is 15.0 Å². The number of fused-ring (bicyclic) bond motifs is 3. The van der Waals surface area contributed by atoms with E-state index < -0.39 is 0 Å². The third-order valence-corrected chi connectivity index (χ3v) is 6.05. The number of unbranched alkanes of at least 4 members (excludes halogenated alkanes) is 4. The summed E-state index contributed by atoms with van der Waals surface area (Å²) in [6.07, 6.45) is 6.96. The van der Waals surface area contributed by atoms with Gasteiger partial charge >= 0.3 is 6.09 Å². The van der Waals surface area contributed by atoms with E-state index in [0.29, 0.717) is 18.5 Å². The van der Waals surface area contributed by atoms with Crippen molar-refractivity contribution in [2.45, 2.75) is 64.0 Å². The standard InChI is InChI=1S/C21H33N3O2/c1-5-6-7-8-9-14-22-20(25)26-17-12-10-11-16-18(17)21(2)13-15-23(3)19(21)24(16)4/h10-12,19H,5-9,13-15H2,1-4H3,(H,22,25)/t19-,21+/m0/s1. The molecule has 2 aliphatic heterocycles. The molecule has 1 aromatic rings. The second kappa shape index (κ2) is 7.87. The number of carbonyl (C=O) groups excluding carboxylic acids is 1. The van der Waals surface area contributed by atoms with Crippen LogP contribution >= 0.6 is 0 Å². The molecule has 2 aliphatic rings. The van der Waals surface area contributed by atoms with Crippen molar-refractivity contribution in [3.63, 3.8) is 0 Å². The summed E-state index contributed by atoms with van der Waals surface area (Å²) in [5, 5.41) is 2.91.